The highest BCUT2D eigenvalue weighted by Crippen LogP contribution is 2.21. The molecular formula is C24H26N2O5S. The molecule has 8 heteroatoms. The molecule has 0 spiro atoms. The van der Waals surface area contributed by atoms with Gasteiger partial charge in [0.25, 0.3) is 5.91 Å². The molecule has 1 atom stereocenters. The molecule has 0 aromatic heterocycles. The SMILES string of the molecule is COc1ccc(N(C)C(=O)COc2ccc(S(=O)(=O)NC(C)c3ccccc3)cc2)cc1. The second-order valence-corrected chi connectivity index (χ2v) is 8.88. The molecule has 0 saturated carbocycles. The molecule has 3 aromatic rings. The van der Waals surface area contributed by atoms with Crippen molar-refractivity contribution in [2.24, 2.45) is 0 Å². The zero-order valence-electron chi connectivity index (χ0n) is 18.2. The summed E-state index contributed by atoms with van der Waals surface area (Å²) in [5, 5.41) is 0. The van der Waals surface area contributed by atoms with Crippen LogP contribution in [0.5, 0.6) is 11.5 Å². The van der Waals surface area contributed by atoms with Gasteiger partial charge in [-0.2, -0.15) is 0 Å². The van der Waals surface area contributed by atoms with E-state index in [4.69, 9.17) is 9.47 Å². The molecule has 0 bridgehead atoms. The minimum atomic E-state index is -3.70. The average molecular weight is 455 g/mol. The van der Waals surface area contributed by atoms with E-state index in [0.717, 1.165) is 5.56 Å². The van der Waals surface area contributed by atoms with Gasteiger partial charge in [-0.15, -0.1) is 0 Å². The molecule has 3 rings (SSSR count). The quantitative estimate of drug-likeness (QED) is 0.532. The van der Waals surface area contributed by atoms with Crippen molar-refractivity contribution < 1.29 is 22.7 Å². The van der Waals surface area contributed by atoms with E-state index in [1.165, 1.54) is 29.2 Å². The lowest BCUT2D eigenvalue weighted by molar-refractivity contribution is -0.120. The normalized spacial score (nSPS) is 12.1. The van der Waals surface area contributed by atoms with Gasteiger partial charge in [-0.25, -0.2) is 13.1 Å². The van der Waals surface area contributed by atoms with E-state index >= 15 is 0 Å². The van der Waals surface area contributed by atoms with E-state index in [2.05, 4.69) is 4.72 Å². The number of carbonyl (C=O) groups is 1. The summed E-state index contributed by atoms with van der Waals surface area (Å²) in [6.07, 6.45) is 0. The Bertz CT molecular complexity index is 1130. The Kier molecular flexibility index (Phi) is 7.50. The standard InChI is InChI=1S/C24H26N2O5S/c1-18(19-7-5-4-6-8-19)25-32(28,29)23-15-13-22(14-16-23)31-17-24(27)26(2)20-9-11-21(30-3)12-10-20/h4-16,18,25H,17H2,1-3H3. The molecule has 0 aliphatic heterocycles. The predicted octanol–water partition coefficient (Wildman–Crippen LogP) is 3.78. The van der Waals surface area contributed by atoms with Gasteiger partial charge in [0, 0.05) is 18.8 Å². The van der Waals surface area contributed by atoms with E-state index < -0.39 is 10.0 Å². The number of hydrogen-bond donors (Lipinski definition) is 1. The number of methoxy groups -OCH3 is 1. The number of carbonyl (C=O) groups excluding carboxylic acids is 1. The van der Waals surface area contributed by atoms with Gasteiger partial charge in [-0.1, -0.05) is 30.3 Å². The molecule has 1 amide bonds. The van der Waals surface area contributed by atoms with Crippen LogP contribution in [0.2, 0.25) is 0 Å². The number of likely N-dealkylation sites (N-methyl/N-ethyl adjacent to an activating group) is 1. The van der Waals surface area contributed by atoms with Gasteiger partial charge < -0.3 is 14.4 Å². The maximum absolute atomic E-state index is 12.7. The maximum Gasteiger partial charge on any atom is 0.264 e. The molecule has 32 heavy (non-hydrogen) atoms. The molecule has 0 aliphatic rings. The highest BCUT2D eigenvalue weighted by molar-refractivity contribution is 7.89. The lowest BCUT2D eigenvalue weighted by Gasteiger charge is -2.18. The van der Waals surface area contributed by atoms with Crippen LogP contribution in [0.4, 0.5) is 5.69 Å². The van der Waals surface area contributed by atoms with E-state index in [-0.39, 0.29) is 23.5 Å². The Morgan fingerprint density at radius 3 is 2.12 bits per heavy atom. The molecule has 1 N–H and O–H groups in total. The third-order valence-electron chi connectivity index (χ3n) is 4.96. The van der Waals surface area contributed by atoms with Gasteiger partial charge in [-0.05, 0) is 61.0 Å². The fourth-order valence-electron chi connectivity index (χ4n) is 3.02. The first-order valence-electron chi connectivity index (χ1n) is 10.0. The average Bonchev–Trinajstić information content (AvgIpc) is 2.82. The first-order chi connectivity index (χ1) is 15.3. The second-order valence-electron chi connectivity index (χ2n) is 7.16. The third kappa shape index (κ3) is 5.87. The lowest BCUT2D eigenvalue weighted by Crippen LogP contribution is -2.31. The van der Waals surface area contributed by atoms with Crippen LogP contribution in [0.1, 0.15) is 18.5 Å². The van der Waals surface area contributed by atoms with Gasteiger partial charge >= 0.3 is 0 Å². The molecule has 3 aromatic carbocycles. The van der Waals surface area contributed by atoms with Crippen molar-refractivity contribution in [1.29, 1.82) is 0 Å². The molecule has 0 radical (unpaired) electrons. The number of hydrogen-bond acceptors (Lipinski definition) is 5. The summed E-state index contributed by atoms with van der Waals surface area (Å²) in [4.78, 5) is 14.0. The van der Waals surface area contributed by atoms with Crippen LogP contribution >= 0.6 is 0 Å². The molecule has 0 saturated heterocycles. The first-order valence-corrected chi connectivity index (χ1v) is 11.5. The third-order valence-corrected chi connectivity index (χ3v) is 6.52. The zero-order valence-corrected chi connectivity index (χ0v) is 19.0. The summed E-state index contributed by atoms with van der Waals surface area (Å²) < 4.78 is 38.6. The van der Waals surface area contributed by atoms with Crippen LogP contribution in [-0.2, 0) is 14.8 Å². The molecule has 0 aliphatic carbocycles. The van der Waals surface area contributed by atoms with Crippen molar-refractivity contribution in [2.45, 2.75) is 17.9 Å². The minimum Gasteiger partial charge on any atom is -0.497 e. The molecular weight excluding hydrogens is 428 g/mol. The molecule has 0 heterocycles. The van der Waals surface area contributed by atoms with Crippen LogP contribution in [0.3, 0.4) is 0 Å². The number of nitrogens with zero attached hydrogens (tertiary/aromatic N) is 1. The minimum absolute atomic E-state index is 0.120. The lowest BCUT2D eigenvalue weighted by atomic mass is 10.1. The Labute approximate surface area is 188 Å². The van der Waals surface area contributed by atoms with Gasteiger partial charge in [0.1, 0.15) is 11.5 Å². The number of nitrogens with one attached hydrogen (secondary N) is 1. The summed E-state index contributed by atoms with van der Waals surface area (Å²) in [5.74, 6) is 0.857. The molecule has 1 unspecified atom stereocenters. The summed E-state index contributed by atoms with van der Waals surface area (Å²) in [6.45, 7) is 1.60. The number of anilines is 1. The van der Waals surface area contributed by atoms with Crippen molar-refractivity contribution in [2.75, 3.05) is 25.7 Å². The fraction of sp³-hybridized carbons (Fsp3) is 0.208. The summed E-state index contributed by atoms with van der Waals surface area (Å²) in [7, 11) is -0.469. The van der Waals surface area contributed by atoms with Crippen LogP contribution in [0, 0.1) is 0 Å². The van der Waals surface area contributed by atoms with Crippen molar-refractivity contribution >= 4 is 21.6 Å². The topological polar surface area (TPSA) is 84.9 Å². The van der Waals surface area contributed by atoms with Crippen molar-refractivity contribution in [3.8, 4) is 11.5 Å². The number of ether oxygens (including phenoxy) is 2. The number of amides is 1. The van der Waals surface area contributed by atoms with E-state index in [1.807, 2.05) is 30.3 Å². The fourth-order valence-corrected chi connectivity index (χ4v) is 4.25. The Balaban J connectivity index is 1.58. The zero-order chi connectivity index (χ0) is 23.1. The van der Waals surface area contributed by atoms with Gasteiger partial charge in [0.2, 0.25) is 10.0 Å². The Morgan fingerprint density at radius 2 is 1.53 bits per heavy atom. The van der Waals surface area contributed by atoms with Crippen LogP contribution in [-0.4, -0.2) is 35.1 Å². The summed E-state index contributed by atoms with van der Waals surface area (Å²) in [6, 6.07) is 22.0. The van der Waals surface area contributed by atoms with Crippen molar-refractivity contribution in [1.82, 2.24) is 4.72 Å². The number of benzene rings is 3. The molecule has 0 fully saturated rings. The van der Waals surface area contributed by atoms with Crippen molar-refractivity contribution in [3.05, 3.63) is 84.4 Å². The maximum atomic E-state index is 12.7. The monoisotopic (exact) mass is 454 g/mol. The van der Waals surface area contributed by atoms with E-state index in [0.29, 0.717) is 17.2 Å². The van der Waals surface area contributed by atoms with Crippen LogP contribution < -0.4 is 19.1 Å². The first kappa shape index (κ1) is 23.3. The predicted molar refractivity (Wildman–Crippen MR) is 124 cm³/mol. The van der Waals surface area contributed by atoms with E-state index in [1.54, 1.807) is 45.3 Å². The highest BCUT2D eigenvalue weighted by Gasteiger charge is 2.18. The van der Waals surface area contributed by atoms with Gasteiger partial charge in [-0.3, -0.25) is 4.79 Å². The molecule has 168 valence electrons. The molecule has 7 nitrogen and oxygen atoms in total. The summed E-state index contributed by atoms with van der Waals surface area (Å²) in [5.41, 5.74) is 1.58. The van der Waals surface area contributed by atoms with E-state index in [9.17, 15) is 13.2 Å². The number of sulfonamides is 1. The Morgan fingerprint density at radius 1 is 0.938 bits per heavy atom. The highest BCUT2D eigenvalue weighted by atomic mass is 32.2. The van der Waals surface area contributed by atoms with Gasteiger partial charge in [0.15, 0.2) is 6.61 Å². The number of rotatable bonds is 9. The second kappa shape index (κ2) is 10.3. The largest absolute Gasteiger partial charge is 0.497 e. The smallest absolute Gasteiger partial charge is 0.264 e. The van der Waals surface area contributed by atoms with Gasteiger partial charge in [0.05, 0.1) is 12.0 Å². The van der Waals surface area contributed by atoms with Crippen molar-refractivity contribution in [3.63, 3.8) is 0 Å². The Hall–Kier alpha value is -3.36. The summed E-state index contributed by atoms with van der Waals surface area (Å²) >= 11 is 0. The van der Waals surface area contributed by atoms with Crippen LogP contribution in [0.25, 0.3) is 0 Å². The van der Waals surface area contributed by atoms with Crippen LogP contribution in [0.15, 0.2) is 83.8 Å².